The van der Waals surface area contributed by atoms with Crippen molar-refractivity contribution in [2.24, 2.45) is 0 Å². The van der Waals surface area contributed by atoms with Crippen molar-refractivity contribution in [3.8, 4) is 29.6 Å². The number of hydrogen-bond donors (Lipinski definition) is 2. The summed E-state index contributed by atoms with van der Waals surface area (Å²) >= 11 is 0. The van der Waals surface area contributed by atoms with Crippen LogP contribution in [-0.4, -0.2) is 54.8 Å². The van der Waals surface area contributed by atoms with E-state index in [2.05, 4.69) is 16.0 Å². The zero-order valence-electron chi connectivity index (χ0n) is 17.6. The smallest absolute Gasteiger partial charge is 0.338 e. The van der Waals surface area contributed by atoms with E-state index in [1.54, 1.807) is 0 Å². The Kier molecular flexibility index (Phi) is 8.46. The van der Waals surface area contributed by atoms with Crippen LogP contribution in [-0.2, 0) is 19.6 Å². The van der Waals surface area contributed by atoms with Gasteiger partial charge in [-0.1, -0.05) is 12.0 Å². The number of hydrogen-bond acceptors (Lipinski definition) is 8. The maximum atomic E-state index is 12.3. The molecule has 0 radical (unpaired) electrons. The van der Waals surface area contributed by atoms with Gasteiger partial charge in [0.15, 0.2) is 18.1 Å². The molecule has 0 atom stereocenters. The molecule has 0 aliphatic carbocycles. The van der Waals surface area contributed by atoms with Crippen molar-refractivity contribution in [3.05, 3.63) is 42.0 Å². The first-order valence-electron chi connectivity index (χ1n) is 9.06. The van der Waals surface area contributed by atoms with Crippen molar-refractivity contribution in [2.75, 3.05) is 39.8 Å². The van der Waals surface area contributed by atoms with Gasteiger partial charge in [0.05, 0.1) is 38.3 Å². The Hall–Kier alpha value is -3.75. The van der Waals surface area contributed by atoms with Crippen LogP contribution in [0.3, 0.4) is 0 Å². The largest absolute Gasteiger partial charge is 0.493 e. The zero-order chi connectivity index (χ0) is 23.7. The maximum Gasteiger partial charge on any atom is 0.338 e. The zero-order valence-corrected chi connectivity index (χ0v) is 18.4. The maximum absolute atomic E-state index is 12.3. The van der Waals surface area contributed by atoms with Gasteiger partial charge in [-0.05, 0) is 18.2 Å². The molecule has 170 valence electrons. The molecular weight excluding hydrogens is 440 g/mol. The lowest BCUT2D eigenvalue weighted by molar-refractivity contribution is -0.119. The van der Waals surface area contributed by atoms with Gasteiger partial charge in [0, 0.05) is 17.8 Å². The van der Waals surface area contributed by atoms with E-state index in [-0.39, 0.29) is 17.0 Å². The summed E-state index contributed by atoms with van der Waals surface area (Å²) in [6.07, 6.45) is 5.05. The van der Waals surface area contributed by atoms with Gasteiger partial charge in [-0.2, -0.15) is 4.72 Å². The molecule has 32 heavy (non-hydrogen) atoms. The number of anilines is 1. The van der Waals surface area contributed by atoms with Crippen LogP contribution in [0.15, 0.2) is 41.3 Å². The fourth-order valence-corrected chi connectivity index (χ4v) is 3.55. The molecule has 0 spiro atoms. The van der Waals surface area contributed by atoms with Gasteiger partial charge < -0.3 is 24.3 Å². The average molecular weight is 462 g/mol. The fraction of sp³-hybridized carbons (Fsp3) is 0.238. The summed E-state index contributed by atoms with van der Waals surface area (Å²) in [5.41, 5.74) is 0.280. The number of esters is 1. The lowest BCUT2D eigenvalue weighted by Crippen LogP contribution is -2.24. The van der Waals surface area contributed by atoms with E-state index in [4.69, 9.17) is 25.4 Å². The molecule has 11 heteroatoms. The first-order chi connectivity index (χ1) is 15.2. The predicted octanol–water partition coefficient (Wildman–Crippen LogP) is 1.42. The molecule has 2 N–H and O–H groups in total. The predicted molar refractivity (Wildman–Crippen MR) is 115 cm³/mol. The van der Waals surface area contributed by atoms with Gasteiger partial charge >= 0.3 is 5.97 Å². The summed E-state index contributed by atoms with van der Waals surface area (Å²) in [7, 11) is 0.428. The molecule has 0 fully saturated rings. The van der Waals surface area contributed by atoms with Crippen LogP contribution in [0.5, 0.6) is 17.2 Å². The van der Waals surface area contributed by atoms with Crippen LogP contribution in [0.1, 0.15) is 10.4 Å². The first kappa shape index (κ1) is 24.5. The molecule has 10 nitrogen and oxygen atoms in total. The third kappa shape index (κ3) is 6.13. The normalized spacial score (nSPS) is 10.6. The molecule has 0 unspecified atom stereocenters. The SMILES string of the molecule is C#CCNS(=O)(=O)c1cccc(C(=O)OCC(=O)Nc2cc(OC)c(OC)c(OC)c2)c1. The second-order valence-electron chi connectivity index (χ2n) is 6.09. The van der Waals surface area contributed by atoms with Crippen molar-refractivity contribution in [1.82, 2.24) is 4.72 Å². The van der Waals surface area contributed by atoms with E-state index in [9.17, 15) is 18.0 Å². The quantitative estimate of drug-likeness (QED) is 0.401. The van der Waals surface area contributed by atoms with Crippen LogP contribution in [0.25, 0.3) is 0 Å². The number of methoxy groups -OCH3 is 3. The molecule has 0 aromatic heterocycles. The minimum Gasteiger partial charge on any atom is -0.493 e. The summed E-state index contributed by atoms with van der Waals surface area (Å²) in [5.74, 6) is 1.66. The Morgan fingerprint density at radius 3 is 2.25 bits per heavy atom. The van der Waals surface area contributed by atoms with Gasteiger partial charge in [0.1, 0.15) is 0 Å². The van der Waals surface area contributed by atoms with E-state index >= 15 is 0 Å². The van der Waals surface area contributed by atoms with Gasteiger partial charge in [0.25, 0.3) is 5.91 Å². The average Bonchev–Trinajstić information content (AvgIpc) is 2.80. The number of terminal acetylenes is 1. The number of benzene rings is 2. The monoisotopic (exact) mass is 462 g/mol. The second-order valence-corrected chi connectivity index (χ2v) is 7.86. The van der Waals surface area contributed by atoms with E-state index in [1.807, 2.05) is 0 Å². The molecular formula is C21H22N2O8S. The molecule has 0 heterocycles. The Labute approximate surface area is 185 Å². The third-order valence-electron chi connectivity index (χ3n) is 4.03. The molecule has 0 aliphatic rings. The summed E-state index contributed by atoms with van der Waals surface area (Å²) in [6, 6.07) is 8.18. The Balaban J connectivity index is 2.06. The lowest BCUT2D eigenvalue weighted by atomic mass is 10.2. The minimum absolute atomic E-state index is 0.0471. The molecule has 0 aliphatic heterocycles. The summed E-state index contributed by atoms with van der Waals surface area (Å²) in [4.78, 5) is 24.3. The van der Waals surface area contributed by atoms with Crippen LogP contribution in [0.2, 0.25) is 0 Å². The third-order valence-corrected chi connectivity index (χ3v) is 5.43. The highest BCUT2D eigenvalue weighted by Crippen LogP contribution is 2.39. The highest BCUT2D eigenvalue weighted by atomic mass is 32.2. The molecule has 2 rings (SSSR count). The molecule has 2 aromatic rings. The van der Waals surface area contributed by atoms with Crippen LogP contribution >= 0.6 is 0 Å². The van der Waals surface area contributed by atoms with E-state index in [1.165, 1.54) is 51.7 Å². The van der Waals surface area contributed by atoms with Crippen molar-refractivity contribution in [3.63, 3.8) is 0 Å². The highest BCUT2D eigenvalue weighted by Gasteiger charge is 2.18. The summed E-state index contributed by atoms with van der Waals surface area (Å²) < 4.78 is 47.1. The van der Waals surface area contributed by atoms with Crippen LogP contribution in [0.4, 0.5) is 5.69 Å². The van der Waals surface area contributed by atoms with Gasteiger partial charge in [0.2, 0.25) is 15.8 Å². The minimum atomic E-state index is -3.88. The topological polar surface area (TPSA) is 129 Å². The lowest BCUT2D eigenvalue weighted by Gasteiger charge is -2.14. The molecule has 2 aromatic carbocycles. The van der Waals surface area contributed by atoms with Crippen LogP contribution < -0.4 is 24.2 Å². The van der Waals surface area contributed by atoms with Crippen LogP contribution in [0, 0.1) is 12.3 Å². The number of sulfonamides is 1. The number of rotatable bonds is 10. The molecule has 1 amide bonds. The number of nitrogens with one attached hydrogen (secondary N) is 2. The fourth-order valence-electron chi connectivity index (χ4n) is 2.57. The van der Waals surface area contributed by atoms with Crippen molar-refractivity contribution in [1.29, 1.82) is 0 Å². The molecule has 0 saturated heterocycles. The van der Waals surface area contributed by atoms with E-state index in [0.29, 0.717) is 22.9 Å². The standard InChI is InChI=1S/C21H22N2O8S/c1-5-9-22-32(26,27)16-8-6-7-14(10-16)21(25)31-13-19(24)23-15-11-17(28-2)20(30-4)18(12-15)29-3/h1,6-8,10-12,22H,9,13H2,2-4H3,(H,23,24). The second kappa shape index (κ2) is 11.0. The van der Waals surface area contributed by atoms with Crippen molar-refractivity contribution < 1.29 is 37.0 Å². The van der Waals surface area contributed by atoms with Crippen molar-refractivity contribution in [2.45, 2.75) is 4.90 Å². The van der Waals surface area contributed by atoms with Crippen molar-refractivity contribution >= 4 is 27.6 Å². The molecule has 0 bridgehead atoms. The van der Waals surface area contributed by atoms with E-state index in [0.717, 1.165) is 6.07 Å². The Bertz CT molecular complexity index is 1110. The first-order valence-corrected chi connectivity index (χ1v) is 10.5. The number of carbonyl (C=O) groups is 2. The van der Waals surface area contributed by atoms with Gasteiger partial charge in [-0.15, -0.1) is 6.42 Å². The number of carbonyl (C=O) groups excluding carboxylic acids is 2. The summed E-state index contributed by atoms with van der Waals surface area (Å²) in [6.45, 7) is -0.806. The number of amides is 1. The van der Waals surface area contributed by atoms with Gasteiger partial charge in [-0.3, -0.25) is 4.79 Å². The van der Waals surface area contributed by atoms with E-state index < -0.39 is 28.5 Å². The Morgan fingerprint density at radius 2 is 1.69 bits per heavy atom. The number of ether oxygens (including phenoxy) is 4. The molecule has 0 saturated carbocycles. The summed E-state index contributed by atoms with van der Waals surface area (Å²) in [5, 5.41) is 2.55. The highest BCUT2D eigenvalue weighted by molar-refractivity contribution is 7.89. The Morgan fingerprint density at radius 1 is 1.03 bits per heavy atom. The van der Waals surface area contributed by atoms with Gasteiger partial charge in [-0.25, -0.2) is 13.2 Å².